The van der Waals surface area contributed by atoms with E-state index in [-0.39, 0.29) is 5.95 Å². The van der Waals surface area contributed by atoms with Crippen LogP contribution in [-0.2, 0) is 4.74 Å². The molecule has 0 aliphatic rings. The molecule has 0 atom stereocenters. The molecule has 0 saturated heterocycles. The van der Waals surface area contributed by atoms with Gasteiger partial charge in [-0.1, -0.05) is 29.3 Å². The lowest BCUT2D eigenvalue weighted by atomic mass is 10.2. The molecule has 0 radical (unpaired) electrons. The van der Waals surface area contributed by atoms with E-state index in [1.165, 1.54) is 12.8 Å². The Kier molecular flexibility index (Phi) is 6.52. The van der Waals surface area contributed by atoms with Crippen molar-refractivity contribution >= 4 is 38.6 Å². The minimum atomic E-state index is 0.197. The topological polar surface area (TPSA) is 87.0 Å². The van der Waals surface area contributed by atoms with Crippen molar-refractivity contribution in [3.05, 3.63) is 22.7 Å². The van der Waals surface area contributed by atoms with Crippen molar-refractivity contribution in [1.29, 1.82) is 0 Å². The number of aromatic nitrogens is 2. The molecule has 1 aromatic carbocycles. The summed E-state index contributed by atoms with van der Waals surface area (Å²) < 4.78 is 5.72. The molecule has 104 valence electrons. The van der Waals surface area contributed by atoms with Gasteiger partial charge in [-0.2, -0.15) is 4.98 Å². The predicted octanol–water partition coefficient (Wildman–Crippen LogP) is 2.99. The Morgan fingerprint density at radius 3 is 2.58 bits per heavy atom. The van der Waals surface area contributed by atoms with Gasteiger partial charge in [0.05, 0.1) is 5.52 Å². The second-order valence-electron chi connectivity index (χ2n) is 3.97. The minimum Gasteiger partial charge on any atom is -0.385 e. The van der Waals surface area contributed by atoms with E-state index in [2.05, 4.69) is 32.8 Å². The highest BCUT2D eigenvalue weighted by Gasteiger charge is 2.02. The van der Waals surface area contributed by atoms with Gasteiger partial charge >= 0.3 is 0 Å². The molecule has 0 bridgehead atoms. The fourth-order valence-electron chi connectivity index (χ4n) is 1.43. The number of nitrogen functional groups attached to an aromatic ring is 2. The SMILES string of the molecule is CCCCOC.Nc1nc(N)c2ccc(Br)cc2n1. The summed E-state index contributed by atoms with van der Waals surface area (Å²) in [5.74, 6) is 0.609. The zero-order chi connectivity index (χ0) is 14.3. The van der Waals surface area contributed by atoms with E-state index in [4.69, 9.17) is 16.2 Å². The number of ether oxygens (including phenoxy) is 1. The summed E-state index contributed by atoms with van der Waals surface area (Å²) in [5, 5.41) is 0.817. The second-order valence-corrected chi connectivity index (χ2v) is 4.89. The van der Waals surface area contributed by atoms with Gasteiger partial charge in [-0.15, -0.1) is 0 Å². The normalized spacial score (nSPS) is 10.1. The summed E-state index contributed by atoms with van der Waals surface area (Å²) in [6.07, 6.45) is 2.42. The number of nitrogens with two attached hydrogens (primary N) is 2. The molecule has 2 rings (SSSR count). The Morgan fingerprint density at radius 2 is 2.00 bits per heavy atom. The maximum Gasteiger partial charge on any atom is 0.222 e. The number of nitrogens with zero attached hydrogens (tertiary/aromatic N) is 2. The molecule has 1 heterocycles. The van der Waals surface area contributed by atoms with Gasteiger partial charge in [0.25, 0.3) is 0 Å². The summed E-state index contributed by atoms with van der Waals surface area (Å²) in [6.45, 7) is 3.07. The van der Waals surface area contributed by atoms with Gasteiger partial charge < -0.3 is 16.2 Å². The van der Waals surface area contributed by atoms with Crippen LogP contribution < -0.4 is 11.5 Å². The molecule has 0 fully saturated rings. The maximum atomic E-state index is 5.66. The predicted molar refractivity (Wildman–Crippen MR) is 82.8 cm³/mol. The molecule has 2 aromatic rings. The molecule has 0 aliphatic carbocycles. The summed E-state index contributed by atoms with van der Waals surface area (Å²) in [5.41, 5.74) is 11.9. The molecule has 0 spiro atoms. The number of fused-ring (bicyclic) bond motifs is 1. The summed E-state index contributed by atoms with van der Waals surface area (Å²) in [4.78, 5) is 7.91. The van der Waals surface area contributed by atoms with Crippen LogP contribution in [-0.4, -0.2) is 23.7 Å². The molecule has 6 heteroatoms. The van der Waals surface area contributed by atoms with Gasteiger partial charge in [-0.25, -0.2) is 4.98 Å². The average Bonchev–Trinajstić information content (AvgIpc) is 2.36. The molecular weight excluding hydrogens is 308 g/mol. The first-order valence-corrected chi connectivity index (χ1v) is 6.85. The van der Waals surface area contributed by atoms with Gasteiger partial charge in [0.2, 0.25) is 5.95 Å². The van der Waals surface area contributed by atoms with Gasteiger partial charge in [0.15, 0.2) is 0 Å². The molecule has 1 aromatic heterocycles. The number of hydrogen-bond acceptors (Lipinski definition) is 5. The second kappa shape index (κ2) is 7.91. The number of halogens is 1. The minimum absolute atomic E-state index is 0.197. The molecule has 19 heavy (non-hydrogen) atoms. The monoisotopic (exact) mass is 326 g/mol. The Morgan fingerprint density at radius 1 is 1.26 bits per heavy atom. The van der Waals surface area contributed by atoms with E-state index in [1.807, 2.05) is 18.2 Å². The number of unbranched alkanes of at least 4 members (excludes halogenated alkanes) is 1. The fraction of sp³-hybridized carbons (Fsp3) is 0.385. The fourth-order valence-corrected chi connectivity index (χ4v) is 1.78. The number of hydrogen-bond donors (Lipinski definition) is 2. The van der Waals surface area contributed by atoms with E-state index in [9.17, 15) is 0 Å². The van der Waals surface area contributed by atoms with Gasteiger partial charge in [0, 0.05) is 23.6 Å². The lowest BCUT2D eigenvalue weighted by Crippen LogP contribution is -2.00. The van der Waals surface area contributed by atoms with E-state index < -0.39 is 0 Å². The molecule has 4 N–H and O–H groups in total. The summed E-state index contributed by atoms with van der Waals surface area (Å²) in [6, 6.07) is 5.59. The van der Waals surface area contributed by atoms with Crippen LogP contribution in [0.5, 0.6) is 0 Å². The van der Waals surface area contributed by atoms with Crippen molar-refractivity contribution in [2.24, 2.45) is 0 Å². The number of rotatable bonds is 3. The zero-order valence-corrected chi connectivity index (χ0v) is 12.8. The number of benzene rings is 1. The van der Waals surface area contributed by atoms with Crippen LogP contribution in [0.2, 0.25) is 0 Å². The first-order valence-electron chi connectivity index (χ1n) is 6.05. The Hall–Kier alpha value is -1.40. The highest BCUT2D eigenvalue weighted by Crippen LogP contribution is 2.22. The lowest BCUT2D eigenvalue weighted by Gasteiger charge is -2.01. The van der Waals surface area contributed by atoms with Crippen LogP contribution in [0.3, 0.4) is 0 Å². The van der Waals surface area contributed by atoms with E-state index in [0.717, 1.165) is 22.0 Å². The third kappa shape index (κ3) is 5.00. The third-order valence-electron chi connectivity index (χ3n) is 2.41. The van der Waals surface area contributed by atoms with Crippen molar-refractivity contribution in [2.45, 2.75) is 19.8 Å². The number of anilines is 2. The molecule has 0 unspecified atom stereocenters. The molecule has 0 aliphatic heterocycles. The Bertz CT molecular complexity index is 524. The van der Waals surface area contributed by atoms with E-state index >= 15 is 0 Å². The summed E-state index contributed by atoms with van der Waals surface area (Å²) in [7, 11) is 1.73. The highest BCUT2D eigenvalue weighted by molar-refractivity contribution is 9.10. The van der Waals surface area contributed by atoms with Crippen molar-refractivity contribution in [2.75, 3.05) is 25.2 Å². The third-order valence-corrected chi connectivity index (χ3v) is 2.90. The Balaban J connectivity index is 0.000000258. The van der Waals surface area contributed by atoms with Gasteiger partial charge in [-0.05, 0) is 24.6 Å². The van der Waals surface area contributed by atoms with Crippen molar-refractivity contribution < 1.29 is 4.74 Å². The largest absolute Gasteiger partial charge is 0.385 e. The van der Waals surface area contributed by atoms with Crippen LogP contribution in [0.4, 0.5) is 11.8 Å². The van der Waals surface area contributed by atoms with Crippen LogP contribution in [0, 0.1) is 0 Å². The zero-order valence-electron chi connectivity index (χ0n) is 11.2. The molecular formula is C13H19BrN4O. The highest BCUT2D eigenvalue weighted by atomic mass is 79.9. The van der Waals surface area contributed by atoms with Crippen molar-refractivity contribution in [3.8, 4) is 0 Å². The smallest absolute Gasteiger partial charge is 0.222 e. The van der Waals surface area contributed by atoms with Gasteiger partial charge in [0.1, 0.15) is 5.82 Å². The van der Waals surface area contributed by atoms with Crippen LogP contribution in [0.1, 0.15) is 19.8 Å². The van der Waals surface area contributed by atoms with Gasteiger partial charge in [-0.3, -0.25) is 0 Å². The first kappa shape index (κ1) is 15.7. The van der Waals surface area contributed by atoms with E-state index in [0.29, 0.717) is 5.82 Å². The quantitative estimate of drug-likeness (QED) is 0.846. The Labute approximate surface area is 121 Å². The van der Waals surface area contributed by atoms with Crippen LogP contribution in [0.25, 0.3) is 10.9 Å². The van der Waals surface area contributed by atoms with E-state index in [1.54, 1.807) is 7.11 Å². The summed E-state index contributed by atoms with van der Waals surface area (Å²) >= 11 is 3.34. The van der Waals surface area contributed by atoms with Crippen LogP contribution in [0.15, 0.2) is 22.7 Å². The standard InChI is InChI=1S/C8H7BrN4.C5H12O/c9-4-1-2-5-6(3-4)12-8(11)13-7(5)10;1-3-4-5-6-2/h1-3H,(H4,10,11,12,13);3-5H2,1-2H3. The van der Waals surface area contributed by atoms with Crippen molar-refractivity contribution in [3.63, 3.8) is 0 Å². The molecule has 0 saturated carbocycles. The lowest BCUT2D eigenvalue weighted by molar-refractivity contribution is 0.194. The molecule has 5 nitrogen and oxygen atoms in total. The van der Waals surface area contributed by atoms with Crippen molar-refractivity contribution in [1.82, 2.24) is 9.97 Å². The van der Waals surface area contributed by atoms with Crippen LogP contribution >= 0.6 is 15.9 Å². The molecule has 0 amide bonds. The first-order chi connectivity index (χ1) is 9.08. The average molecular weight is 327 g/mol. The maximum absolute atomic E-state index is 5.66. The number of methoxy groups -OCH3 is 1.